The molecule has 1 aromatic carbocycles. The predicted molar refractivity (Wildman–Crippen MR) is 77.1 cm³/mol. The Balaban J connectivity index is 1.59. The first kappa shape index (κ1) is 14.5. The zero-order chi connectivity index (χ0) is 14.8. The number of carbonyl (C=O) groups is 1. The molecule has 5 heteroatoms. The van der Waals surface area contributed by atoms with Gasteiger partial charge in [-0.3, -0.25) is 9.69 Å². The molecule has 0 unspecified atom stereocenters. The summed E-state index contributed by atoms with van der Waals surface area (Å²) in [5, 5.41) is 0. The van der Waals surface area contributed by atoms with Gasteiger partial charge in [-0.05, 0) is 17.7 Å². The third-order valence-electron chi connectivity index (χ3n) is 4.47. The summed E-state index contributed by atoms with van der Waals surface area (Å²) in [7, 11) is 1.70. The van der Waals surface area contributed by atoms with Crippen molar-refractivity contribution in [1.29, 1.82) is 0 Å². The highest BCUT2D eigenvalue weighted by atomic mass is 19.1. The van der Waals surface area contributed by atoms with E-state index in [4.69, 9.17) is 4.74 Å². The van der Waals surface area contributed by atoms with Crippen molar-refractivity contribution < 1.29 is 13.9 Å². The lowest BCUT2D eigenvalue weighted by atomic mass is 10.0. The van der Waals surface area contributed by atoms with Gasteiger partial charge in [-0.15, -0.1) is 0 Å². The smallest absolute Gasteiger partial charge is 0.227 e. The number of halogens is 1. The van der Waals surface area contributed by atoms with Crippen molar-refractivity contribution in [1.82, 2.24) is 9.80 Å². The van der Waals surface area contributed by atoms with Gasteiger partial charge in [-0.2, -0.15) is 0 Å². The fourth-order valence-electron chi connectivity index (χ4n) is 3.43. The number of ether oxygens (including phenoxy) is 1. The molecule has 2 fully saturated rings. The minimum Gasteiger partial charge on any atom is -0.383 e. The molecule has 0 N–H and O–H groups in total. The first-order valence-corrected chi connectivity index (χ1v) is 7.42. The van der Waals surface area contributed by atoms with Gasteiger partial charge in [-0.1, -0.05) is 12.1 Å². The lowest BCUT2D eigenvalue weighted by Gasteiger charge is -2.21. The maximum Gasteiger partial charge on any atom is 0.227 e. The van der Waals surface area contributed by atoms with Crippen LogP contribution < -0.4 is 0 Å². The van der Waals surface area contributed by atoms with Crippen LogP contribution in [0.2, 0.25) is 0 Å². The van der Waals surface area contributed by atoms with E-state index >= 15 is 0 Å². The van der Waals surface area contributed by atoms with E-state index in [1.165, 1.54) is 12.1 Å². The molecule has 2 aliphatic rings. The average Bonchev–Trinajstić information content (AvgIpc) is 2.97. The van der Waals surface area contributed by atoms with E-state index in [1.54, 1.807) is 13.2 Å². The van der Waals surface area contributed by atoms with Gasteiger partial charge >= 0.3 is 0 Å². The second-order valence-electron chi connectivity index (χ2n) is 5.97. The lowest BCUT2D eigenvalue weighted by Crippen LogP contribution is -2.33. The Hall–Kier alpha value is -1.46. The monoisotopic (exact) mass is 292 g/mol. The molecule has 0 saturated carbocycles. The number of methoxy groups -OCH3 is 1. The van der Waals surface area contributed by atoms with E-state index in [0.29, 0.717) is 19.1 Å². The molecule has 1 amide bonds. The number of likely N-dealkylation sites (tertiary alicyclic amines) is 2. The number of rotatable bonds is 5. The molecule has 1 aromatic rings. The highest BCUT2D eigenvalue weighted by Crippen LogP contribution is 2.32. The number of amides is 1. The molecule has 0 radical (unpaired) electrons. The summed E-state index contributed by atoms with van der Waals surface area (Å²) in [6.45, 7) is 4.68. The second kappa shape index (κ2) is 6.12. The van der Waals surface area contributed by atoms with Crippen LogP contribution in [0.4, 0.5) is 4.39 Å². The van der Waals surface area contributed by atoms with E-state index in [-0.39, 0.29) is 17.6 Å². The van der Waals surface area contributed by atoms with Gasteiger partial charge in [0.05, 0.1) is 12.5 Å². The molecule has 2 heterocycles. The third kappa shape index (κ3) is 3.09. The third-order valence-corrected chi connectivity index (χ3v) is 4.47. The van der Waals surface area contributed by atoms with Gasteiger partial charge in [0, 0.05) is 45.8 Å². The minimum atomic E-state index is -0.245. The van der Waals surface area contributed by atoms with Crippen molar-refractivity contribution in [3.8, 4) is 0 Å². The van der Waals surface area contributed by atoms with E-state index in [1.807, 2.05) is 11.0 Å². The summed E-state index contributed by atoms with van der Waals surface area (Å²) in [5.41, 5.74) is 0.861. The van der Waals surface area contributed by atoms with E-state index < -0.39 is 0 Å². The minimum absolute atomic E-state index is 0.107. The Morgan fingerprint density at radius 2 is 2.19 bits per heavy atom. The molecule has 2 aliphatic heterocycles. The van der Waals surface area contributed by atoms with Crippen molar-refractivity contribution >= 4 is 5.91 Å². The van der Waals surface area contributed by atoms with Crippen molar-refractivity contribution in [3.63, 3.8) is 0 Å². The van der Waals surface area contributed by atoms with Crippen molar-refractivity contribution in [3.05, 3.63) is 35.6 Å². The maximum absolute atomic E-state index is 13.2. The molecule has 3 rings (SSSR count). The molecule has 21 heavy (non-hydrogen) atoms. The quantitative estimate of drug-likeness (QED) is 0.821. The average molecular weight is 292 g/mol. The molecular weight excluding hydrogens is 271 g/mol. The zero-order valence-corrected chi connectivity index (χ0v) is 12.3. The van der Waals surface area contributed by atoms with Crippen molar-refractivity contribution in [2.75, 3.05) is 39.9 Å². The summed E-state index contributed by atoms with van der Waals surface area (Å²) < 4.78 is 18.3. The van der Waals surface area contributed by atoms with Crippen LogP contribution in [-0.4, -0.2) is 55.6 Å². The molecule has 0 aliphatic carbocycles. The first-order valence-electron chi connectivity index (χ1n) is 7.42. The molecule has 2 saturated heterocycles. The van der Waals surface area contributed by atoms with Gasteiger partial charge in [0.15, 0.2) is 0 Å². The van der Waals surface area contributed by atoms with Crippen LogP contribution in [0.5, 0.6) is 0 Å². The Bertz CT molecular complexity index is 523. The number of hydrogen-bond acceptors (Lipinski definition) is 3. The molecule has 4 nitrogen and oxygen atoms in total. The van der Waals surface area contributed by atoms with Gasteiger partial charge < -0.3 is 9.64 Å². The SMILES string of the molecule is COCCN1C[C@@H]2CN(Cc3cccc(F)c3)C(=O)[C@@H]2C1. The highest BCUT2D eigenvalue weighted by molar-refractivity contribution is 5.82. The maximum atomic E-state index is 13.2. The van der Waals surface area contributed by atoms with Crippen LogP contribution in [0.25, 0.3) is 0 Å². The molecule has 2 atom stereocenters. The molecular formula is C16H21FN2O2. The van der Waals surface area contributed by atoms with Crippen molar-refractivity contribution in [2.24, 2.45) is 11.8 Å². The number of carbonyl (C=O) groups excluding carboxylic acids is 1. The summed E-state index contributed by atoms with van der Waals surface area (Å²) in [6, 6.07) is 6.50. The number of fused-ring (bicyclic) bond motifs is 1. The Morgan fingerprint density at radius 3 is 2.90 bits per heavy atom. The fourth-order valence-corrected chi connectivity index (χ4v) is 3.43. The lowest BCUT2D eigenvalue weighted by molar-refractivity contribution is -0.131. The van der Waals surface area contributed by atoms with Crippen molar-refractivity contribution in [2.45, 2.75) is 6.54 Å². The van der Waals surface area contributed by atoms with Gasteiger partial charge in [0.2, 0.25) is 5.91 Å². The largest absolute Gasteiger partial charge is 0.383 e. The van der Waals surface area contributed by atoms with Crippen LogP contribution in [-0.2, 0) is 16.1 Å². The van der Waals surface area contributed by atoms with Crippen LogP contribution in [0.3, 0.4) is 0 Å². The Kier molecular flexibility index (Phi) is 4.22. The van der Waals surface area contributed by atoms with E-state index in [9.17, 15) is 9.18 Å². The van der Waals surface area contributed by atoms with E-state index in [0.717, 1.165) is 31.7 Å². The standard InChI is InChI=1S/C16H21FN2O2/c1-21-6-5-18-9-13-10-19(16(20)15(13)11-18)8-12-3-2-4-14(17)7-12/h2-4,7,13,15H,5-6,8-11H2,1H3/t13-,15-/m1/s1. The predicted octanol–water partition coefficient (Wildman–Crippen LogP) is 1.36. The van der Waals surface area contributed by atoms with Crippen LogP contribution >= 0.6 is 0 Å². The summed E-state index contributed by atoms with van der Waals surface area (Å²) in [4.78, 5) is 16.6. The van der Waals surface area contributed by atoms with Gasteiger partial charge in [0.1, 0.15) is 5.82 Å². The zero-order valence-electron chi connectivity index (χ0n) is 12.3. The molecule has 0 bridgehead atoms. The Morgan fingerprint density at radius 1 is 1.33 bits per heavy atom. The first-order chi connectivity index (χ1) is 10.2. The normalized spacial score (nSPS) is 25.6. The number of nitrogens with zero attached hydrogens (tertiary/aromatic N) is 2. The number of hydrogen-bond donors (Lipinski definition) is 0. The van der Waals surface area contributed by atoms with Gasteiger partial charge in [-0.25, -0.2) is 4.39 Å². The number of benzene rings is 1. The molecule has 114 valence electrons. The summed E-state index contributed by atoms with van der Waals surface area (Å²) in [5.74, 6) is 0.479. The fraction of sp³-hybridized carbons (Fsp3) is 0.562. The summed E-state index contributed by atoms with van der Waals surface area (Å²) in [6.07, 6.45) is 0. The highest BCUT2D eigenvalue weighted by Gasteiger charge is 2.45. The van der Waals surface area contributed by atoms with Crippen LogP contribution in [0.1, 0.15) is 5.56 Å². The van der Waals surface area contributed by atoms with E-state index in [2.05, 4.69) is 4.90 Å². The Labute approximate surface area is 124 Å². The van der Waals surface area contributed by atoms with Crippen LogP contribution in [0.15, 0.2) is 24.3 Å². The second-order valence-corrected chi connectivity index (χ2v) is 5.97. The van der Waals surface area contributed by atoms with Gasteiger partial charge in [0.25, 0.3) is 0 Å². The topological polar surface area (TPSA) is 32.8 Å². The van der Waals surface area contributed by atoms with Crippen LogP contribution in [0, 0.1) is 17.7 Å². The summed E-state index contributed by atoms with van der Waals surface area (Å²) >= 11 is 0. The molecule has 0 spiro atoms. The molecule has 0 aromatic heterocycles.